The predicted molar refractivity (Wildman–Crippen MR) is 42.0 cm³/mol. The fraction of sp³-hybridized carbons (Fsp3) is 0.833. The summed E-state index contributed by atoms with van der Waals surface area (Å²) in [6.45, 7) is 4.21. The zero-order valence-corrected chi connectivity index (χ0v) is 6.78. The van der Waals surface area contributed by atoms with E-state index in [1.165, 1.54) is 0 Å². The largest absolute Gasteiger partial charge is 0.279 e. The van der Waals surface area contributed by atoms with Crippen LogP contribution in [0.1, 0.15) is 13.8 Å². The average Bonchev–Trinajstić information content (AvgIpc) is 1.59. The highest BCUT2D eigenvalue weighted by atomic mass is 32.2. The van der Waals surface area contributed by atoms with Gasteiger partial charge in [0.15, 0.2) is 0 Å². The molecule has 1 saturated heterocycles. The topological polar surface area (TPSA) is 20.3 Å². The minimum Gasteiger partial charge on any atom is -0.279 e. The SMILES string of the molecule is C=S1(=O)CN(C(C)C)C1. The summed E-state index contributed by atoms with van der Waals surface area (Å²) < 4.78 is 11.0. The van der Waals surface area contributed by atoms with Crippen molar-refractivity contribution in [3.05, 3.63) is 0 Å². The molecule has 0 N–H and O–H groups in total. The molecular formula is C6H13NOS. The summed E-state index contributed by atoms with van der Waals surface area (Å²) in [7, 11) is -1.65. The summed E-state index contributed by atoms with van der Waals surface area (Å²) >= 11 is 0. The van der Waals surface area contributed by atoms with E-state index in [1.807, 2.05) is 0 Å². The van der Waals surface area contributed by atoms with Crippen LogP contribution in [-0.4, -0.2) is 32.8 Å². The van der Waals surface area contributed by atoms with Crippen molar-refractivity contribution in [2.75, 3.05) is 11.8 Å². The van der Waals surface area contributed by atoms with Crippen LogP contribution in [0.2, 0.25) is 0 Å². The van der Waals surface area contributed by atoms with E-state index in [4.69, 9.17) is 0 Å². The Morgan fingerprint density at radius 2 is 2.00 bits per heavy atom. The third-order valence-electron chi connectivity index (χ3n) is 1.53. The van der Waals surface area contributed by atoms with Crippen molar-refractivity contribution in [3.63, 3.8) is 0 Å². The highest BCUT2D eigenvalue weighted by Gasteiger charge is 2.26. The first-order valence-corrected chi connectivity index (χ1v) is 5.14. The molecule has 54 valence electrons. The molecule has 0 aromatic rings. The van der Waals surface area contributed by atoms with Gasteiger partial charge in [0.25, 0.3) is 0 Å². The predicted octanol–water partition coefficient (Wildman–Crippen LogP) is 0.342. The summed E-state index contributed by atoms with van der Waals surface area (Å²) in [6.07, 6.45) is 0. The minimum absolute atomic E-state index is 0.529. The van der Waals surface area contributed by atoms with E-state index in [0.717, 1.165) is 0 Å². The molecule has 0 unspecified atom stereocenters. The van der Waals surface area contributed by atoms with E-state index in [2.05, 4.69) is 24.6 Å². The summed E-state index contributed by atoms with van der Waals surface area (Å²) in [5.74, 6) is 4.99. The number of rotatable bonds is 1. The molecule has 0 atom stereocenters. The summed E-state index contributed by atoms with van der Waals surface area (Å²) in [5.41, 5.74) is 0. The van der Waals surface area contributed by atoms with Crippen LogP contribution in [0, 0.1) is 0 Å². The lowest BCUT2D eigenvalue weighted by Crippen LogP contribution is -2.49. The van der Waals surface area contributed by atoms with Crippen LogP contribution in [0.3, 0.4) is 0 Å². The van der Waals surface area contributed by atoms with Crippen LogP contribution in [0.4, 0.5) is 0 Å². The third kappa shape index (κ3) is 1.46. The van der Waals surface area contributed by atoms with Crippen molar-refractivity contribution in [1.82, 2.24) is 4.90 Å². The summed E-state index contributed by atoms with van der Waals surface area (Å²) in [4.78, 5) is 2.16. The summed E-state index contributed by atoms with van der Waals surface area (Å²) in [6, 6.07) is 0.529. The molecule has 2 nitrogen and oxygen atoms in total. The number of hydrogen-bond donors (Lipinski definition) is 0. The highest BCUT2D eigenvalue weighted by Crippen LogP contribution is 2.14. The van der Waals surface area contributed by atoms with Gasteiger partial charge in [-0.15, -0.1) is 0 Å². The molecule has 9 heavy (non-hydrogen) atoms. The molecule has 1 heterocycles. The third-order valence-corrected chi connectivity index (χ3v) is 3.14. The van der Waals surface area contributed by atoms with E-state index in [9.17, 15) is 4.21 Å². The van der Waals surface area contributed by atoms with Crippen LogP contribution in [0.15, 0.2) is 0 Å². The van der Waals surface area contributed by atoms with Crippen molar-refractivity contribution in [2.45, 2.75) is 19.9 Å². The standard InChI is InChI=1S/C6H13NOS/c1-6(2)7-4-9(3,8)5-7/h6H,3-5H2,1-2H3. The second kappa shape index (κ2) is 1.99. The maximum atomic E-state index is 11.0. The lowest BCUT2D eigenvalue weighted by molar-refractivity contribution is 0.271. The minimum atomic E-state index is -1.65. The molecule has 0 aliphatic carbocycles. The Kier molecular flexibility index (Phi) is 1.57. The van der Waals surface area contributed by atoms with Gasteiger partial charge in [-0.25, -0.2) is 0 Å². The maximum absolute atomic E-state index is 11.0. The lowest BCUT2D eigenvalue weighted by Gasteiger charge is -2.37. The fourth-order valence-corrected chi connectivity index (χ4v) is 2.59. The molecule has 0 spiro atoms. The Morgan fingerprint density at radius 1 is 1.56 bits per heavy atom. The molecule has 1 fully saturated rings. The van der Waals surface area contributed by atoms with Gasteiger partial charge in [-0.05, 0) is 29.2 Å². The Hall–Kier alpha value is -0.0200. The van der Waals surface area contributed by atoms with Gasteiger partial charge < -0.3 is 0 Å². The van der Waals surface area contributed by atoms with Crippen molar-refractivity contribution < 1.29 is 4.21 Å². The maximum Gasteiger partial charge on any atom is 0.0692 e. The zero-order chi connectivity index (χ0) is 7.07. The molecule has 0 aromatic heterocycles. The molecule has 0 radical (unpaired) electrons. The van der Waals surface area contributed by atoms with E-state index < -0.39 is 9.52 Å². The molecule has 3 heteroatoms. The molecule has 0 amide bonds. The number of hydrogen-bond acceptors (Lipinski definition) is 2. The molecule has 0 bridgehead atoms. The lowest BCUT2D eigenvalue weighted by atomic mass is 10.4. The van der Waals surface area contributed by atoms with Gasteiger partial charge in [0.1, 0.15) is 0 Å². The molecular weight excluding hydrogens is 134 g/mol. The van der Waals surface area contributed by atoms with Gasteiger partial charge in [0, 0.05) is 6.04 Å². The van der Waals surface area contributed by atoms with Crippen LogP contribution in [0.25, 0.3) is 0 Å². The van der Waals surface area contributed by atoms with Gasteiger partial charge in [-0.2, -0.15) is 0 Å². The molecule has 0 saturated carbocycles. The molecule has 1 aliphatic heterocycles. The second-order valence-electron chi connectivity index (χ2n) is 2.91. The van der Waals surface area contributed by atoms with Gasteiger partial charge >= 0.3 is 0 Å². The first-order chi connectivity index (χ1) is 4.01. The van der Waals surface area contributed by atoms with Crippen molar-refractivity contribution in [1.29, 1.82) is 0 Å². The second-order valence-corrected chi connectivity index (χ2v) is 5.35. The van der Waals surface area contributed by atoms with E-state index >= 15 is 0 Å². The van der Waals surface area contributed by atoms with Crippen LogP contribution < -0.4 is 0 Å². The smallest absolute Gasteiger partial charge is 0.0692 e. The molecule has 1 rings (SSSR count). The van der Waals surface area contributed by atoms with Gasteiger partial charge in [-0.1, -0.05) is 0 Å². The van der Waals surface area contributed by atoms with Crippen LogP contribution in [-0.2, 0) is 9.52 Å². The zero-order valence-electron chi connectivity index (χ0n) is 5.96. The van der Waals surface area contributed by atoms with E-state index in [-0.39, 0.29) is 0 Å². The monoisotopic (exact) mass is 147 g/mol. The van der Waals surface area contributed by atoms with Crippen molar-refractivity contribution in [3.8, 4) is 0 Å². The normalized spacial score (nSPS) is 26.1. The van der Waals surface area contributed by atoms with E-state index in [1.54, 1.807) is 0 Å². The van der Waals surface area contributed by atoms with Crippen LogP contribution in [0.5, 0.6) is 0 Å². The van der Waals surface area contributed by atoms with Crippen molar-refractivity contribution in [2.24, 2.45) is 0 Å². The fourth-order valence-electron chi connectivity index (χ4n) is 0.865. The van der Waals surface area contributed by atoms with Gasteiger partial charge in [0.05, 0.1) is 11.8 Å². The Balaban J connectivity index is 2.45. The van der Waals surface area contributed by atoms with Gasteiger partial charge in [-0.3, -0.25) is 9.11 Å². The highest BCUT2D eigenvalue weighted by molar-refractivity contribution is 8.01. The summed E-state index contributed by atoms with van der Waals surface area (Å²) in [5, 5.41) is 0. The average molecular weight is 147 g/mol. The Labute approximate surface area is 56.9 Å². The molecule has 1 aliphatic rings. The van der Waals surface area contributed by atoms with Crippen LogP contribution >= 0.6 is 0 Å². The molecule has 0 aromatic carbocycles. The Bertz CT molecular complexity index is 181. The Morgan fingerprint density at radius 3 is 2.11 bits per heavy atom. The first kappa shape index (κ1) is 7.09. The van der Waals surface area contributed by atoms with Gasteiger partial charge in [0.2, 0.25) is 0 Å². The van der Waals surface area contributed by atoms with E-state index in [0.29, 0.717) is 17.8 Å². The quantitative estimate of drug-likeness (QED) is 0.499. The first-order valence-electron chi connectivity index (χ1n) is 3.08. The number of nitrogens with zero attached hydrogens (tertiary/aromatic N) is 1. The van der Waals surface area contributed by atoms with Crippen molar-refractivity contribution >= 4 is 15.4 Å².